The minimum atomic E-state index is -0.332. The van der Waals surface area contributed by atoms with Crippen LogP contribution in [0, 0.1) is 0 Å². The zero-order valence-corrected chi connectivity index (χ0v) is 16.4. The van der Waals surface area contributed by atoms with Crippen LogP contribution in [0.4, 0.5) is 0 Å². The van der Waals surface area contributed by atoms with Gasteiger partial charge < -0.3 is 4.90 Å². The normalized spacial score (nSPS) is 24.6. The van der Waals surface area contributed by atoms with Gasteiger partial charge in [0, 0.05) is 24.6 Å². The highest BCUT2D eigenvalue weighted by atomic mass is 32.2. The maximum Gasteiger partial charge on any atom is 0.242 e. The van der Waals surface area contributed by atoms with Crippen LogP contribution < -0.4 is 5.32 Å². The molecular formula is C20H24N2O2S2. The first kappa shape index (κ1) is 18.1. The molecule has 1 aliphatic carbocycles. The molecule has 1 amide bonds. The molecule has 2 heterocycles. The van der Waals surface area contributed by atoms with Gasteiger partial charge in [-0.3, -0.25) is 14.9 Å². The van der Waals surface area contributed by atoms with E-state index in [0.717, 1.165) is 37.4 Å². The lowest BCUT2D eigenvalue weighted by Gasteiger charge is -2.22. The molecule has 26 heavy (non-hydrogen) atoms. The molecule has 1 N–H and O–H groups in total. The second-order valence-electron chi connectivity index (χ2n) is 7.05. The van der Waals surface area contributed by atoms with Crippen molar-refractivity contribution in [3.63, 3.8) is 0 Å². The Bertz CT molecular complexity index is 728. The predicted molar refractivity (Wildman–Crippen MR) is 109 cm³/mol. The molecule has 138 valence electrons. The number of carbonyl (C=O) groups is 2. The predicted octanol–water partition coefficient (Wildman–Crippen LogP) is 2.93. The number of ketones is 1. The number of nitrogens with one attached hydrogen (secondary N) is 1. The van der Waals surface area contributed by atoms with Gasteiger partial charge in [0.05, 0.1) is 11.1 Å². The summed E-state index contributed by atoms with van der Waals surface area (Å²) >= 11 is 3.37. The summed E-state index contributed by atoms with van der Waals surface area (Å²) in [4.78, 5) is 27.2. The molecule has 6 heteroatoms. The van der Waals surface area contributed by atoms with Crippen LogP contribution in [0.15, 0.2) is 29.8 Å². The molecule has 0 aromatic heterocycles. The van der Waals surface area contributed by atoms with E-state index < -0.39 is 0 Å². The molecule has 4 rings (SSSR count). The molecule has 1 aromatic carbocycles. The van der Waals surface area contributed by atoms with E-state index in [1.807, 2.05) is 4.90 Å². The summed E-state index contributed by atoms with van der Waals surface area (Å²) in [5, 5.41) is 3.02. The SMILES string of the molecule is O=C(CCCC1=Cc2ccccc2C1)C1SCN[C@@H]1C(=O)N1CCSC1. The Balaban J connectivity index is 1.27. The van der Waals surface area contributed by atoms with Crippen molar-refractivity contribution in [2.45, 2.75) is 37.0 Å². The Hall–Kier alpha value is -1.24. The number of hydrogen-bond donors (Lipinski definition) is 1. The Morgan fingerprint density at radius 3 is 2.96 bits per heavy atom. The molecule has 4 nitrogen and oxygen atoms in total. The molecule has 0 spiro atoms. The summed E-state index contributed by atoms with van der Waals surface area (Å²) < 4.78 is 0. The topological polar surface area (TPSA) is 49.4 Å². The van der Waals surface area contributed by atoms with Crippen molar-refractivity contribution in [1.29, 1.82) is 0 Å². The van der Waals surface area contributed by atoms with Crippen molar-refractivity contribution in [1.82, 2.24) is 10.2 Å². The second kappa shape index (κ2) is 8.19. The minimum absolute atomic E-state index is 0.104. The molecule has 0 saturated carbocycles. The molecule has 3 aliphatic rings. The average molecular weight is 389 g/mol. The maximum atomic E-state index is 12.7. The standard InChI is InChI=1S/C20H24N2O2S2/c23-17(7-3-4-14-10-15-5-1-2-6-16(15)11-14)19-18(21-12-26-19)20(24)22-8-9-25-13-22/h1-2,5-6,10,18-19,21H,3-4,7-9,11-13H2/t18-,19?/m0/s1. The zero-order valence-electron chi connectivity index (χ0n) is 14.8. The fraction of sp³-hybridized carbons (Fsp3) is 0.500. The molecule has 0 radical (unpaired) electrons. The van der Waals surface area contributed by atoms with Crippen LogP contribution in [0.5, 0.6) is 0 Å². The first-order chi connectivity index (χ1) is 12.7. The third-order valence-electron chi connectivity index (χ3n) is 5.27. The van der Waals surface area contributed by atoms with Gasteiger partial charge in [0.1, 0.15) is 11.8 Å². The lowest BCUT2D eigenvalue weighted by molar-refractivity contribution is -0.133. The van der Waals surface area contributed by atoms with Crippen molar-refractivity contribution in [2.75, 3.05) is 24.1 Å². The highest BCUT2D eigenvalue weighted by Gasteiger charge is 2.40. The lowest BCUT2D eigenvalue weighted by atomic mass is 10.0. The zero-order chi connectivity index (χ0) is 17.9. The molecular weight excluding hydrogens is 364 g/mol. The van der Waals surface area contributed by atoms with Crippen molar-refractivity contribution in [3.8, 4) is 0 Å². The summed E-state index contributed by atoms with van der Waals surface area (Å²) in [7, 11) is 0. The minimum Gasteiger partial charge on any atom is -0.331 e. The summed E-state index contributed by atoms with van der Waals surface area (Å²) in [6.45, 7) is 0.808. The van der Waals surface area contributed by atoms with Crippen molar-refractivity contribution in [2.24, 2.45) is 0 Å². The number of fused-ring (bicyclic) bond motifs is 1. The molecule has 2 aliphatic heterocycles. The number of amides is 1. The smallest absolute Gasteiger partial charge is 0.242 e. The number of Topliss-reactive ketones (excluding diaryl/α,β-unsaturated/α-hetero) is 1. The van der Waals surface area contributed by atoms with Gasteiger partial charge in [0.15, 0.2) is 0 Å². The van der Waals surface area contributed by atoms with Crippen LogP contribution in [0.25, 0.3) is 6.08 Å². The third-order valence-corrected chi connectivity index (χ3v) is 7.46. The number of benzene rings is 1. The largest absolute Gasteiger partial charge is 0.331 e. The summed E-state index contributed by atoms with van der Waals surface area (Å²) in [6.07, 6.45) is 5.68. The van der Waals surface area contributed by atoms with Gasteiger partial charge >= 0.3 is 0 Å². The first-order valence-electron chi connectivity index (χ1n) is 9.24. The number of nitrogens with zero attached hydrogens (tertiary/aromatic N) is 1. The van der Waals surface area contributed by atoms with E-state index in [1.54, 1.807) is 23.5 Å². The number of hydrogen-bond acceptors (Lipinski definition) is 5. The van der Waals surface area contributed by atoms with E-state index in [4.69, 9.17) is 0 Å². The van der Waals surface area contributed by atoms with Gasteiger partial charge in [-0.15, -0.1) is 23.5 Å². The second-order valence-corrected chi connectivity index (χ2v) is 9.26. The van der Waals surface area contributed by atoms with E-state index in [1.165, 1.54) is 16.7 Å². The van der Waals surface area contributed by atoms with Gasteiger partial charge in [-0.25, -0.2) is 0 Å². The third kappa shape index (κ3) is 3.87. The van der Waals surface area contributed by atoms with Crippen LogP contribution >= 0.6 is 23.5 Å². The van der Waals surface area contributed by atoms with Crippen LogP contribution in [-0.4, -0.2) is 51.9 Å². The van der Waals surface area contributed by atoms with Crippen molar-refractivity contribution in [3.05, 3.63) is 41.0 Å². The molecule has 1 aromatic rings. The summed E-state index contributed by atoms with van der Waals surface area (Å²) in [6, 6.07) is 8.15. The van der Waals surface area contributed by atoms with Crippen LogP contribution in [0.2, 0.25) is 0 Å². The van der Waals surface area contributed by atoms with Crippen molar-refractivity contribution >= 4 is 41.3 Å². The molecule has 2 atom stereocenters. The van der Waals surface area contributed by atoms with Gasteiger partial charge in [0.2, 0.25) is 5.91 Å². The summed E-state index contributed by atoms with van der Waals surface area (Å²) in [5.41, 5.74) is 4.12. The van der Waals surface area contributed by atoms with E-state index in [0.29, 0.717) is 12.3 Å². The molecule has 2 fully saturated rings. The van der Waals surface area contributed by atoms with E-state index in [9.17, 15) is 9.59 Å². The van der Waals surface area contributed by atoms with Gasteiger partial charge in [0.25, 0.3) is 0 Å². The van der Waals surface area contributed by atoms with Crippen LogP contribution in [-0.2, 0) is 16.0 Å². The Kier molecular flexibility index (Phi) is 5.72. The highest BCUT2D eigenvalue weighted by molar-refractivity contribution is 8.01. The fourth-order valence-electron chi connectivity index (χ4n) is 3.86. The highest BCUT2D eigenvalue weighted by Crippen LogP contribution is 2.30. The Morgan fingerprint density at radius 1 is 1.27 bits per heavy atom. The monoisotopic (exact) mass is 388 g/mol. The van der Waals surface area contributed by atoms with E-state index in [2.05, 4.69) is 35.7 Å². The van der Waals surface area contributed by atoms with Crippen molar-refractivity contribution < 1.29 is 9.59 Å². The van der Waals surface area contributed by atoms with Crippen LogP contribution in [0.1, 0.15) is 30.4 Å². The summed E-state index contributed by atoms with van der Waals surface area (Å²) in [5.74, 6) is 2.78. The quantitative estimate of drug-likeness (QED) is 0.812. The maximum absolute atomic E-state index is 12.7. The molecule has 1 unspecified atom stereocenters. The Labute approximate surface area is 163 Å². The number of rotatable bonds is 6. The van der Waals surface area contributed by atoms with Gasteiger partial charge in [-0.1, -0.05) is 35.9 Å². The first-order valence-corrected chi connectivity index (χ1v) is 11.4. The van der Waals surface area contributed by atoms with E-state index >= 15 is 0 Å². The average Bonchev–Trinajstić information content (AvgIpc) is 3.40. The van der Waals surface area contributed by atoms with Gasteiger partial charge in [-0.2, -0.15) is 0 Å². The fourth-order valence-corrected chi connectivity index (χ4v) is 5.97. The molecule has 2 saturated heterocycles. The van der Waals surface area contributed by atoms with E-state index in [-0.39, 0.29) is 23.0 Å². The lowest BCUT2D eigenvalue weighted by Crippen LogP contribution is -2.49. The number of thioether (sulfide) groups is 2. The molecule has 0 bridgehead atoms. The number of allylic oxidation sites excluding steroid dienone is 1. The van der Waals surface area contributed by atoms with Gasteiger partial charge in [-0.05, 0) is 30.4 Å². The number of carbonyl (C=O) groups excluding carboxylic acids is 2. The van der Waals surface area contributed by atoms with Crippen LogP contribution in [0.3, 0.4) is 0 Å². The Morgan fingerprint density at radius 2 is 2.15 bits per heavy atom.